The van der Waals surface area contributed by atoms with E-state index < -0.39 is 0 Å². The third kappa shape index (κ3) is 5.66. The molecule has 0 unspecified atom stereocenters. The minimum Gasteiger partial charge on any atom is -0.320 e. The molecule has 1 heterocycles. The molecule has 0 saturated carbocycles. The molecule has 29 heavy (non-hydrogen) atoms. The van der Waals surface area contributed by atoms with Gasteiger partial charge in [-0.15, -0.1) is 0 Å². The summed E-state index contributed by atoms with van der Waals surface area (Å²) >= 11 is 4.88. The Hall–Kier alpha value is -3.16. The predicted octanol–water partition coefficient (Wildman–Crippen LogP) is 4.89. The van der Waals surface area contributed by atoms with Gasteiger partial charge in [-0.05, 0) is 51.1 Å². The van der Waals surface area contributed by atoms with E-state index in [9.17, 15) is 4.79 Å². The van der Waals surface area contributed by atoms with Crippen LogP contribution in [0.4, 0.5) is 11.4 Å². The molecular formula is C22H22N4O2S. The van der Waals surface area contributed by atoms with E-state index in [1.54, 1.807) is 24.4 Å². The van der Waals surface area contributed by atoms with E-state index in [-0.39, 0.29) is 11.5 Å². The molecule has 6 nitrogen and oxygen atoms in total. The lowest BCUT2D eigenvalue weighted by Crippen LogP contribution is -2.23. The number of carbonyl (C=O) groups excluding carboxylic acids is 1. The van der Waals surface area contributed by atoms with Crippen LogP contribution in [0.3, 0.4) is 0 Å². The van der Waals surface area contributed by atoms with Crippen molar-refractivity contribution in [2.75, 3.05) is 10.8 Å². The van der Waals surface area contributed by atoms with Crippen LogP contribution in [0.2, 0.25) is 0 Å². The number of rotatable bonds is 6. The van der Waals surface area contributed by atoms with E-state index in [1.165, 1.54) is 5.37 Å². The van der Waals surface area contributed by atoms with Crippen molar-refractivity contribution in [1.29, 1.82) is 0 Å². The Balaban J connectivity index is 1.74. The average Bonchev–Trinajstić information content (AvgIpc) is 2.72. The first-order valence-electron chi connectivity index (χ1n) is 9.09. The van der Waals surface area contributed by atoms with E-state index in [2.05, 4.69) is 20.8 Å². The molecule has 0 fully saturated rings. The summed E-state index contributed by atoms with van der Waals surface area (Å²) in [5.74, 6) is 0.268. The van der Waals surface area contributed by atoms with Crippen LogP contribution in [-0.4, -0.2) is 26.8 Å². The number of benzene rings is 2. The van der Waals surface area contributed by atoms with Gasteiger partial charge < -0.3 is 5.32 Å². The maximum Gasteiger partial charge on any atom is 0.255 e. The van der Waals surface area contributed by atoms with Crippen LogP contribution in [0.5, 0.6) is 0 Å². The van der Waals surface area contributed by atoms with Crippen LogP contribution in [0, 0.1) is 0 Å². The number of para-hydroxylation sites is 2. The third-order valence-electron chi connectivity index (χ3n) is 3.86. The van der Waals surface area contributed by atoms with Gasteiger partial charge in [0.1, 0.15) is 0 Å². The first-order valence-corrected chi connectivity index (χ1v) is 9.56. The van der Waals surface area contributed by atoms with Crippen molar-refractivity contribution < 1.29 is 9.63 Å². The molecule has 0 aliphatic rings. The van der Waals surface area contributed by atoms with Crippen molar-refractivity contribution in [3.8, 4) is 11.3 Å². The molecule has 2 aromatic carbocycles. The number of carbonyl (C=O) groups is 1. The first-order chi connectivity index (χ1) is 13.9. The molecule has 0 aliphatic carbocycles. The van der Waals surface area contributed by atoms with Gasteiger partial charge >= 0.3 is 0 Å². The van der Waals surface area contributed by atoms with Crippen LogP contribution < -0.4 is 10.8 Å². The van der Waals surface area contributed by atoms with E-state index in [0.717, 1.165) is 11.3 Å². The molecule has 3 rings (SSSR count). The zero-order valence-corrected chi connectivity index (χ0v) is 17.3. The lowest BCUT2D eigenvalue weighted by molar-refractivity contribution is 0.0376. The fourth-order valence-corrected chi connectivity index (χ4v) is 2.58. The van der Waals surface area contributed by atoms with Crippen molar-refractivity contribution >= 4 is 34.9 Å². The highest BCUT2D eigenvalue weighted by Gasteiger charge is 2.14. The Kier molecular flexibility index (Phi) is 6.31. The van der Waals surface area contributed by atoms with Crippen molar-refractivity contribution in [3.63, 3.8) is 0 Å². The van der Waals surface area contributed by atoms with Crippen LogP contribution in [-0.2, 0) is 4.84 Å². The lowest BCUT2D eigenvalue weighted by Gasteiger charge is -2.21. The number of aromatic nitrogens is 2. The minimum absolute atomic E-state index is 0.219. The summed E-state index contributed by atoms with van der Waals surface area (Å²) in [5, 5.41) is 4.35. The molecule has 0 spiro atoms. The molecule has 3 aromatic rings. The average molecular weight is 407 g/mol. The molecule has 0 atom stereocenters. The fourth-order valence-electron chi connectivity index (χ4n) is 2.47. The SMILES string of the molecule is CC(C)(C)ONc1ccccc1NC(=O)c1ccc(-c2ccnc(C=S)n2)cc1. The number of amides is 1. The van der Waals surface area contributed by atoms with Gasteiger partial charge in [0.25, 0.3) is 5.91 Å². The maximum atomic E-state index is 12.7. The standard InChI is InChI=1S/C22H22N4O2S/c1-22(2,3)28-26-19-7-5-4-6-18(19)25-21(27)16-10-8-15(9-11-16)17-12-13-23-20(14-29)24-17/h4-14,26H,1-3H3,(H,25,27). The Morgan fingerprint density at radius 2 is 1.72 bits per heavy atom. The molecule has 0 aliphatic heterocycles. The van der Waals surface area contributed by atoms with Gasteiger partial charge in [0.15, 0.2) is 5.82 Å². The minimum atomic E-state index is -0.364. The van der Waals surface area contributed by atoms with Gasteiger partial charge in [0.05, 0.1) is 22.7 Å². The van der Waals surface area contributed by atoms with Crippen LogP contribution in [0.25, 0.3) is 11.3 Å². The summed E-state index contributed by atoms with van der Waals surface area (Å²) in [6, 6.07) is 16.4. The monoisotopic (exact) mass is 406 g/mol. The second kappa shape index (κ2) is 8.89. The zero-order valence-electron chi connectivity index (χ0n) is 16.5. The number of thiocarbonyl (C=S) groups is 1. The number of nitrogens with zero attached hydrogens (tertiary/aromatic N) is 2. The summed E-state index contributed by atoms with van der Waals surface area (Å²) in [5.41, 5.74) is 6.02. The highest BCUT2D eigenvalue weighted by molar-refractivity contribution is 7.79. The molecule has 7 heteroatoms. The topological polar surface area (TPSA) is 76.1 Å². The van der Waals surface area contributed by atoms with Gasteiger partial charge in [-0.2, -0.15) is 0 Å². The molecular weight excluding hydrogens is 384 g/mol. The van der Waals surface area contributed by atoms with Crippen LogP contribution in [0.1, 0.15) is 37.0 Å². The van der Waals surface area contributed by atoms with E-state index in [0.29, 0.717) is 22.8 Å². The predicted molar refractivity (Wildman–Crippen MR) is 119 cm³/mol. The smallest absolute Gasteiger partial charge is 0.255 e. The Morgan fingerprint density at radius 3 is 2.38 bits per heavy atom. The van der Waals surface area contributed by atoms with Gasteiger partial charge in [0, 0.05) is 22.7 Å². The van der Waals surface area contributed by atoms with E-state index in [4.69, 9.17) is 17.1 Å². The highest BCUT2D eigenvalue weighted by Crippen LogP contribution is 2.24. The van der Waals surface area contributed by atoms with Crippen molar-refractivity contribution in [2.45, 2.75) is 26.4 Å². The Morgan fingerprint density at radius 1 is 1.03 bits per heavy atom. The summed E-state index contributed by atoms with van der Waals surface area (Å²) in [4.78, 5) is 26.7. The van der Waals surface area contributed by atoms with Crippen LogP contribution in [0.15, 0.2) is 60.8 Å². The Bertz CT molecular complexity index is 1010. The largest absolute Gasteiger partial charge is 0.320 e. The second-order valence-corrected chi connectivity index (χ2v) is 7.55. The number of hydrogen-bond donors (Lipinski definition) is 2. The summed E-state index contributed by atoms with van der Waals surface area (Å²) in [6.07, 6.45) is 1.66. The maximum absolute atomic E-state index is 12.7. The first kappa shape index (κ1) is 20.6. The van der Waals surface area contributed by atoms with Gasteiger partial charge in [-0.1, -0.05) is 36.5 Å². The summed E-state index contributed by atoms with van der Waals surface area (Å²) in [7, 11) is 0. The van der Waals surface area contributed by atoms with Gasteiger partial charge in [-0.25, -0.2) is 9.97 Å². The number of hydrogen-bond acceptors (Lipinski definition) is 6. The highest BCUT2D eigenvalue weighted by atomic mass is 32.1. The normalized spacial score (nSPS) is 11.0. The number of nitrogens with one attached hydrogen (secondary N) is 2. The molecule has 0 radical (unpaired) electrons. The summed E-state index contributed by atoms with van der Waals surface area (Å²) in [6.45, 7) is 5.82. The second-order valence-electron chi connectivity index (χ2n) is 7.31. The van der Waals surface area contributed by atoms with Crippen LogP contribution >= 0.6 is 12.2 Å². The molecule has 2 N–H and O–H groups in total. The Labute approximate surface area is 175 Å². The summed E-state index contributed by atoms with van der Waals surface area (Å²) < 4.78 is 0. The van der Waals surface area contributed by atoms with Gasteiger partial charge in [-0.3, -0.25) is 15.1 Å². The zero-order chi connectivity index (χ0) is 20.9. The van der Waals surface area contributed by atoms with Gasteiger partial charge in [0.2, 0.25) is 0 Å². The quantitative estimate of drug-likeness (QED) is 0.449. The molecule has 1 aromatic heterocycles. The molecule has 148 valence electrons. The molecule has 0 bridgehead atoms. The lowest BCUT2D eigenvalue weighted by atomic mass is 10.1. The molecule has 0 saturated heterocycles. The fraction of sp³-hybridized carbons (Fsp3) is 0.182. The van der Waals surface area contributed by atoms with E-state index >= 15 is 0 Å². The third-order valence-corrected chi connectivity index (χ3v) is 4.08. The van der Waals surface area contributed by atoms with Crippen molar-refractivity contribution in [2.24, 2.45) is 0 Å². The van der Waals surface area contributed by atoms with E-state index in [1.807, 2.05) is 57.2 Å². The van der Waals surface area contributed by atoms with Crippen molar-refractivity contribution in [3.05, 3.63) is 72.2 Å². The molecule has 1 amide bonds. The van der Waals surface area contributed by atoms with Crippen molar-refractivity contribution in [1.82, 2.24) is 9.97 Å². The number of anilines is 2.